The minimum absolute atomic E-state index is 0.0535. The van der Waals surface area contributed by atoms with Crippen LogP contribution >= 0.6 is 0 Å². The highest BCUT2D eigenvalue weighted by Crippen LogP contribution is 2.28. The molecule has 1 saturated heterocycles. The van der Waals surface area contributed by atoms with E-state index in [0.29, 0.717) is 18.3 Å². The number of pyridine rings is 1. The summed E-state index contributed by atoms with van der Waals surface area (Å²) in [4.78, 5) is 4.35. The molecule has 2 rings (SSSR count). The SMILES string of the molecule is CNc1ccc(S(=O)(=O)N2CCC(C)CC2C)cn1. The molecule has 1 fully saturated rings. The first-order valence-electron chi connectivity index (χ1n) is 6.61. The van der Waals surface area contributed by atoms with Crippen LogP contribution in [0.2, 0.25) is 0 Å². The normalized spacial score (nSPS) is 25.2. The molecule has 2 unspecified atom stereocenters. The van der Waals surface area contributed by atoms with E-state index in [1.54, 1.807) is 23.5 Å². The molecule has 1 aromatic rings. The molecule has 0 amide bonds. The van der Waals surface area contributed by atoms with Gasteiger partial charge in [-0.2, -0.15) is 4.31 Å². The van der Waals surface area contributed by atoms with Crippen molar-refractivity contribution in [3.05, 3.63) is 18.3 Å². The van der Waals surface area contributed by atoms with E-state index in [9.17, 15) is 8.42 Å². The Kier molecular flexibility index (Phi) is 4.10. The molecule has 0 spiro atoms. The molecule has 5 nitrogen and oxygen atoms in total. The number of hydrogen-bond acceptors (Lipinski definition) is 4. The van der Waals surface area contributed by atoms with E-state index in [4.69, 9.17) is 0 Å². The van der Waals surface area contributed by atoms with Crippen LogP contribution in [0.25, 0.3) is 0 Å². The lowest BCUT2D eigenvalue weighted by Gasteiger charge is -2.35. The van der Waals surface area contributed by atoms with Crippen LogP contribution in [0.1, 0.15) is 26.7 Å². The Balaban J connectivity index is 2.26. The van der Waals surface area contributed by atoms with Crippen LogP contribution in [0.4, 0.5) is 5.82 Å². The summed E-state index contributed by atoms with van der Waals surface area (Å²) in [6.07, 6.45) is 3.26. The molecule has 0 aliphatic carbocycles. The van der Waals surface area contributed by atoms with Gasteiger partial charge in [0.25, 0.3) is 0 Å². The summed E-state index contributed by atoms with van der Waals surface area (Å²) >= 11 is 0. The van der Waals surface area contributed by atoms with Gasteiger partial charge in [0.1, 0.15) is 10.7 Å². The van der Waals surface area contributed by atoms with Gasteiger partial charge in [0.05, 0.1) is 0 Å². The van der Waals surface area contributed by atoms with Gasteiger partial charge in [-0.05, 0) is 37.8 Å². The van der Waals surface area contributed by atoms with Crippen molar-refractivity contribution >= 4 is 15.8 Å². The average Bonchev–Trinajstić information content (AvgIpc) is 2.38. The summed E-state index contributed by atoms with van der Waals surface area (Å²) in [6, 6.07) is 3.35. The number of anilines is 1. The van der Waals surface area contributed by atoms with Crippen LogP contribution in [-0.4, -0.2) is 37.3 Å². The Morgan fingerprint density at radius 1 is 1.37 bits per heavy atom. The fourth-order valence-corrected chi connectivity index (χ4v) is 4.16. The molecule has 1 aliphatic rings. The zero-order valence-electron chi connectivity index (χ0n) is 11.6. The van der Waals surface area contributed by atoms with E-state index in [2.05, 4.69) is 17.2 Å². The predicted octanol–water partition coefficient (Wildman–Crippen LogP) is 1.93. The lowest BCUT2D eigenvalue weighted by molar-refractivity contribution is 0.220. The quantitative estimate of drug-likeness (QED) is 0.920. The third-order valence-electron chi connectivity index (χ3n) is 3.68. The Bertz CT molecular complexity index is 527. The van der Waals surface area contributed by atoms with Gasteiger partial charge in [-0.15, -0.1) is 0 Å². The highest BCUT2D eigenvalue weighted by Gasteiger charge is 2.33. The van der Waals surface area contributed by atoms with Crippen molar-refractivity contribution in [3.63, 3.8) is 0 Å². The van der Waals surface area contributed by atoms with Gasteiger partial charge in [0.2, 0.25) is 10.0 Å². The summed E-state index contributed by atoms with van der Waals surface area (Å²) in [7, 11) is -1.66. The van der Waals surface area contributed by atoms with Crippen LogP contribution < -0.4 is 5.32 Å². The number of nitrogens with one attached hydrogen (secondary N) is 1. The fraction of sp³-hybridized carbons (Fsp3) is 0.615. The average molecular weight is 283 g/mol. The maximum absolute atomic E-state index is 12.6. The Morgan fingerprint density at radius 3 is 2.63 bits per heavy atom. The van der Waals surface area contributed by atoms with Gasteiger partial charge in [-0.3, -0.25) is 0 Å². The third kappa shape index (κ3) is 2.90. The second kappa shape index (κ2) is 5.46. The van der Waals surface area contributed by atoms with Gasteiger partial charge in [0, 0.05) is 25.8 Å². The smallest absolute Gasteiger partial charge is 0.244 e. The molecule has 1 N–H and O–H groups in total. The van der Waals surface area contributed by atoms with Crippen molar-refractivity contribution in [1.82, 2.24) is 9.29 Å². The Hall–Kier alpha value is -1.14. The van der Waals surface area contributed by atoms with Crippen LogP contribution in [0.3, 0.4) is 0 Å². The molecule has 0 saturated carbocycles. The molecule has 2 heterocycles. The number of nitrogens with zero attached hydrogens (tertiary/aromatic N) is 2. The van der Waals surface area contributed by atoms with Crippen molar-refractivity contribution < 1.29 is 8.42 Å². The van der Waals surface area contributed by atoms with Crippen LogP contribution in [0.5, 0.6) is 0 Å². The minimum Gasteiger partial charge on any atom is -0.373 e. The maximum Gasteiger partial charge on any atom is 0.244 e. The summed E-state index contributed by atoms with van der Waals surface area (Å²) < 4.78 is 26.7. The van der Waals surface area contributed by atoms with E-state index in [0.717, 1.165) is 12.8 Å². The first kappa shape index (κ1) is 14.3. The number of piperidine rings is 1. The number of hydrogen-bond donors (Lipinski definition) is 1. The second-order valence-electron chi connectivity index (χ2n) is 5.22. The first-order chi connectivity index (χ1) is 8.95. The zero-order chi connectivity index (χ0) is 14.0. The standard InChI is InChI=1S/C13H21N3O2S/c1-10-6-7-16(11(2)8-10)19(17,18)12-4-5-13(14-3)15-9-12/h4-5,9-11H,6-8H2,1-3H3,(H,14,15). The lowest BCUT2D eigenvalue weighted by Crippen LogP contribution is -2.44. The van der Waals surface area contributed by atoms with Gasteiger partial charge in [0.15, 0.2) is 0 Å². The molecule has 0 bridgehead atoms. The van der Waals surface area contributed by atoms with E-state index in [-0.39, 0.29) is 10.9 Å². The fourth-order valence-electron chi connectivity index (χ4n) is 2.56. The maximum atomic E-state index is 12.6. The largest absolute Gasteiger partial charge is 0.373 e. The van der Waals surface area contributed by atoms with Gasteiger partial charge >= 0.3 is 0 Å². The van der Waals surface area contributed by atoms with Crippen LogP contribution in [0, 0.1) is 5.92 Å². The Labute approximate surface area is 115 Å². The van der Waals surface area contributed by atoms with Crippen LogP contribution in [-0.2, 0) is 10.0 Å². The highest BCUT2D eigenvalue weighted by molar-refractivity contribution is 7.89. The lowest BCUT2D eigenvalue weighted by atomic mass is 9.95. The molecular formula is C13H21N3O2S. The number of aromatic nitrogens is 1. The summed E-state index contributed by atoms with van der Waals surface area (Å²) in [5, 5.41) is 2.88. The molecule has 0 aromatic carbocycles. The van der Waals surface area contributed by atoms with Gasteiger partial charge < -0.3 is 5.32 Å². The van der Waals surface area contributed by atoms with E-state index in [1.165, 1.54) is 6.20 Å². The van der Waals surface area contributed by atoms with E-state index >= 15 is 0 Å². The Morgan fingerprint density at radius 2 is 2.11 bits per heavy atom. The van der Waals surface area contributed by atoms with Crippen molar-refractivity contribution in [2.45, 2.75) is 37.6 Å². The molecule has 1 aliphatic heterocycles. The van der Waals surface area contributed by atoms with Crippen molar-refractivity contribution in [1.29, 1.82) is 0 Å². The molecule has 0 radical (unpaired) electrons. The van der Waals surface area contributed by atoms with Crippen LogP contribution in [0.15, 0.2) is 23.2 Å². The predicted molar refractivity (Wildman–Crippen MR) is 75.5 cm³/mol. The van der Waals surface area contributed by atoms with Gasteiger partial charge in [-0.1, -0.05) is 6.92 Å². The van der Waals surface area contributed by atoms with Crippen molar-refractivity contribution in [3.8, 4) is 0 Å². The number of sulfonamides is 1. The second-order valence-corrected chi connectivity index (χ2v) is 7.11. The molecule has 2 atom stereocenters. The monoisotopic (exact) mass is 283 g/mol. The van der Waals surface area contributed by atoms with Crippen molar-refractivity contribution in [2.75, 3.05) is 18.9 Å². The van der Waals surface area contributed by atoms with E-state index in [1.807, 2.05) is 6.92 Å². The topological polar surface area (TPSA) is 62.3 Å². The van der Waals surface area contributed by atoms with E-state index < -0.39 is 10.0 Å². The highest BCUT2D eigenvalue weighted by atomic mass is 32.2. The molecule has 19 heavy (non-hydrogen) atoms. The molecule has 6 heteroatoms. The van der Waals surface area contributed by atoms with Gasteiger partial charge in [-0.25, -0.2) is 13.4 Å². The van der Waals surface area contributed by atoms with Crippen molar-refractivity contribution in [2.24, 2.45) is 5.92 Å². The number of rotatable bonds is 3. The minimum atomic E-state index is -3.42. The molecule has 1 aromatic heterocycles. The summed E-state index contributed by atoms with van der Waals surface area (Å²) in [5.74, 6) is 1.26. The third-order valence-corrected chi connectivity index (χ3v) is 5.67. The molecular weight excluding hydrogens is 262 g/mol. The zero-order valence-corrected chi connectivity index (χ0v) is 12.4. The summed E-state index contributed by atoms with van der Waals surface area (Å²) in [6.45, 7) is 4.74. The molecule has 106 valence electrons. The summed E-state index contributed by atoms with van der Waals surface area (Å²) in [5.41, 5.74) is 0. The first-order valence-corrected chi connectivity index (χ1v) is 8.05.